The molecule has 0 saturated carbocycles. The van der Waals surface area contributed by atoms with Gasteiger partial charge in [0, 0.05) is 19.0 Å². The van der Waals surface area contributed by atoms with Gasteiger partial charge in [0.05, 0.1) is 12.7 Å². The Kier molecular flexibility index (Phi) is 4.71. The fraction of sp³-hybridized carbons (Fsp3) is 0.471. The molecule has 0 radical (unpaired) electrons. The van der Waals surface area contributed by atoms with Crippen LogP contribution in [-0.2, 0) is 10.4 Å². The van der Waals surface area contributed by atoms with Crippen LogP contribution in [0.2, 0.25) is 0 Å². The van der Waals surface area contributed by atoms with Crippen LogP contribution in [0.25, 0.3) is 0 Å². The minimum absolute atomic E-state index is 0.146. The van der Waals surface area contributed by atoms with E-state index in [1.54, 1.807) is 10.9 Å². The van der Waals surface area contributed by atoms with Crippen molar-refractivity contribution in [3.63, 3.8) is 0 Å². The van der Waals surface area contributed by atoms with Gasteiger partial charge in [0.1, 0.15) is 22.9 Å². The number of hydrogen-bond acceptors (Lipinski definition) is 5. The first kappa shape index (κ1) is 17.3. The highest BCUT2D eigenvalue weighted by atomic mass is 19.1. The molecule has 1 unspecified atom stereocenters. The summed E-state index contributed by atoms with van der Waals surface area (Å²) in [5.74, 6) is -0.182. The summed E-state index contributed by atoms with van der Waals surface area (Å²) < 4.78 is 19.9. The molecule has 1 aromatic heterocycles. The van der Waals surface area contributed by atoms with E-state index in [-0.39, 0.29) is 30.9 Å². The zero-order chi connectivity index (χ0) is 18.0. The molecule has 1 fully saturated rings. The highest BCUT2D eigenvalue weighted by Crippen LogP contribution is 2.30. The van der Waals surface area contributed by atoms with Crippen molar-refractivity contribution in [2.75, 3.05) is 19.7 Å². The van der Waals surface area contributed by atoms with E-state index in [0.29, 0.717) is 24.4 Å². The average Bonchev–Trinajstić information content (AvgIpc) is 3.22. The summed E-state index contributed by atoms with van der Waals surface area (Å²) in [6.45, 7) is 4.34. The van der Waals surface area contributed by atoms with Crippen molar-refractivity contribution in [1.29, 1.82) is 0 Å². The number of carbonyl (C=O) groups is 1. The summed E-state index contributed by atoms with van der Waals surface area (Å²) in [5.41, 5.74) is -0.727. The average molecular weight is 348 g/mol. The molecule has 1 aromatic carbocycles. The summed E-state index contributed by atoms with van der Waals surface area (Å²) >= 11 is 0. The molecule has 8 heteroatoms. The predicted molar refractivity (Wildman–Crippen MR) is 87.4 cm³/mol. The molecule has 0 aliphatic carbocycles. The number of benzene rings is 1. The first-order valence-electron chi connectivity index (χ1n) is 8.18. The SMILES string of the molecule is CC(C)n1cc(C2(O)CCN(C(=O)COc3ccc(F)cc3)C2)nn1. The highest BCUT2D eigenvalue weighted by molar-refractivity contribution is 5.78. The number of aromatic nitrogens is 3. The molecule has 1 atom stereocenters. The molecule has 25 heavy (non-hydrogen) atoms. The first-order chi connectivity index (χ1) is 11.9. The van der Waals surface area contributed by atoms with Gasteiger partial charge in [-0.1, -0.05) is 5.21 Å². The van der Waals surface area contributed by atoms with Crippen LogP contribution in [0.5, 0.6) is 5.75 Å². The number of amides is 1. The minimum Gasteiger partial charge on any atom is -0.484 e. The lowest BCUT2D eigenvalue weighted by Crippen LogP contribution is -2.37. The second-order valence-corrected chi connectivity index (χ2v) is 6.52. The molecule has 1 aliphatic heterocycles. The van der Waals surface area contributed by atoms with Crippen molar-refractivity contribution >= 4 is 5.91 Å². The van der Waals surface area contributed by atoms with E-state index < -0.39 is 5.60 Å². The number of hydrogen-bond donors (Lipinski definition) is 1. The zero-order valence-corrected chi connectivity index (χ0v) is 14.2. The van der Waals surface area contributed by atoms with Crippen LogP contribution in [-0.4, -0.2) is 50.6 Å². The van der Waals surface area contributed by atoms with Crippen LogP contribution in [0.3, 0.4) is 0 Å². The lowest BCUT2D eigenvalue weighted by atomic mass is 10.00. The number of β-amino-alcohol motifs (C(OH)–C–C–N with tert-alkyl or cyclic N) is 1. The van der Waals surface area contributed by atoms with E-state index in [0.717, 1.165) is 0 Å². The van der Waals surface area contributed by atoms with E-state index in [9.17, 15) is 14.3 Å². The van der Waals surface area contributed by atoms with Gasteiger partial charge in [0.15, 0.2) is 6.61 Å². The first-order valence-corrected chi connectivity index (χ1v) is 8.18. The van der Waals surface area contributed by atoms with Gasteiger partial charge in [0.25, 0.3) is 5.91 Å². The topological polar surface area (TPSA) is 80.5 Å². The fourth-order valence-corrected chi connectivity index (χ4v) is 2.73. The summed E-state index contributed by atoms with van der Waals surface area (Å²) in [5, 5.41) is 18.9. The third-order valence-electron chi connectivity index (χ3n) is 4.29. The van der Waals surface area contributed by atoms with E-state index in [2.05, 4.69) is 10.3 Å². The molecular weight excluding hydrogens is 327 g/mol. The van der Waals surface area contributed by atoms with Crippen LogP contribution >= 0.6 is 0 Å². The van der Waals surface area contributed by atoms with Gasteiger partial charge in [-0.05, 0) is 38.1 Å². The van der Waals surface area contributed by atoms with Crippen molar-refractivity contribution in [1.82, 2.24) is 19.9 Å². The predicted octanol–water partition coefficient (Wildman–Crippen LogP) is 1.50. The molecule has 1 saturated heterocycles. The molecule has 1 aliphatic rings. The van der Waals surface area contributed by atoms with E-state index in [1.165, 1.54) is 29.2 Å². The van der Waals surface area contributed by atoms with E-state index in [1.807, 2.05) is 13.8 Å². The number of nitrogens with zero attached hydrogens (tertiary/aromatic N) is 4. The Labute approximate surface area is 145 Å². The molecule has 7 nitrogen and oxygen atoms in total. The molecule has 2 heterocycles. The summed E-state index contributed by atoms with van der Waals surface area (Å²) in [7, 11) is 0. The van der Waals surface area contributed by atoms with Crippen LogP contribution < -0.4 is 4.74 Å². The summed E-state index contributed by atoms with van der Waals surface area (Å²) in [4.78, 5) is 13.8. The number of ether oxygens (including phenoxy) is 1. The van der Waals surface area contributed by atoms with Crippen LogP contribution in [0.4, 0.5) is 4.39 Å². The molecule has 0 bridgehead atoms. The Morgan fingerprint density at radius 3 is 2.76 bits per heavy atom. The second kappa shape index (κ2) is 6.79. The van der Waals surface area contributed by atoms with Gasteiger partial charge >= 0.3 is 0 Å². The number of likely N-dealkylation sites (tertiary alicyclic amines) is 1. The Balaban J connectivity index is 1.59. The monoisotopic (exact) mass is 348 g/mol. The van der Waals surface area contributed by atoms with Crippen LogP contribution in [0, 0.1) is 5.82 Å². The molecule has 2 aromatic rings. The maximum Gasteiger partial charge on any atom is 0.260 e. The minimum atomic E-state index is -1.20. The number of carbonyl (C=O) groups excluding carboxylic acids is 1. The third kappa shape index (κ3) is 3.79. The van der Waals surface area contributed by atoms with Gasteiger partial charge in [-0.3, -0.25) is 4.79 Å². The van der Waals surface area contributed by atoms with Crippen LogP contribution in [0.15, 0.2) is 30.5 Å². The second-order valence-electron chi connectivity index (χ2n) is 6.52. The fourth-order valence-electron chi connectivity index (χ4n) is 2.73. The third-order valence-corrected chi connectivity index (χ3v) is 4.29. The van der Waals surface area contributed by atoms with Gasteiger partial charge in [0.2, 0.25) is 0 Å². The molecule has 1 N–H and O–H groups in total. The number of halogens is 1. The van der Waals surface area contributed by atoms with Gasteiger partial charge < -0.3 is 14.7 Å². The molecule has 3 rings (SSSR count). The smallest absolute Gasteiger partial charge is 0.260 e. The highest BCUT2D eigenvalue weighted by Gasteiger charge is 2.42. The van der Waals surface area contributed by atoms with E-state index in [4.69, 9.17) is 4.74 Å². The summed E-state index contributed by atoms with van der Waals surface area (Å²) in [6, 6.07) is 5.62. The molecular formula is C17H21FN4O3. The largest absolute Gasteiger partial charge is 0.484 e. The maximum atomic E-state index is 12.9. The summed E-state index contributed by atoms with van der Waals surface area (Å²) in [6.07, 6.45) is 2.11. The Morgan fingerprint density at radius 1 is 1.40 bits per heavy atom. The Morgan fingerprint density at radius 2 is 2.12 bits per heavy atom. The molecule has 134 valence electrons. The number of rotatable bonds is 5. The molecule has 0 spiro atoms. The lowest BCUT2D eigenvalue weighted by Gasteiger charge is -2.21. The zero-order valence-electron chi connectivity index (χ0n) is 14.2. The Bertz CT molecular complexity index is 747. The Hall–Kier alpha value is -2.48. The van der Waals surface area contributed by atoms with Crippen molar-refractivity contribution in [2.45, 2.75) is 31.9 Å². The van der Waals surface area contributed by atoms with Crippen LogP contribution in [0.1, 0.15) is 32.0 Å². The van der Waals surface area contributed by atoms with Crippen molar-refractivity contribution in [3.05, 3.63) is 42.0 Å². The molecule has 1 amide bonds. The van der Waals surface area contributed by atoms with Gasteiger partial charge in [-0.15, -0.1) is 5.10 Å². The number of aliphatic hydroxyl groups is 1. The van der Waals surface area contributed by atoms with Gasteiger partial charge in [-0.2, -0.15) is 0 Å². The van der Waals surface area contributed by atoms with Crippen molar-refractivity contribution in [2.24, 2.45) is 0 Å². The normalized spacial score (nSPS) is 20.3. The van der Waals surface area contributed by atoms with Crippen molar-refractivity contribution in [3.8, 4) is 5.75 Å². The maximum absolute atomic E-state index is 12.9. The van der Waals surface area contributed by atoms with Gasteiger partial charge in [-0.25, -0.2) is 9.07 Å². The van der Waals surface area contributed by atoms with Crippen molar-refractivity contribution < 1.29 is 19.0 Å². The lowest BCUT2D eigenvalue weighted by molar-refractivity contribution is -0.133. The van der Waals surface area contributed by atoms with E-state index >= 15 is 0 Å². The standard InChI is InChI=1S/C17H21FN4O3/c1-12(2)22-9-15(19-20-22)17(24)7-8-21(11-17)16(23)10-25-14-5-3-13(18)4-6-14/h3-6,9,12,24H,7-8,10-11H2,1-2H3. The quantitative estimate of drug-likeness (QED) is 0.886.